The van der Waals surface area contributed by atoms with Gasteiger partial charge >= 0.3 is 0 Å². The second-order valence-corrected chi connectivity index (χ2v) is 10.1. The Hall–Kier alpha value is -3.56. The highest BCUT2D eigenvalue weighted by molar-refractivity contribution is 7.89. The van der Waals surface area contributed by atoms with E-state index in [1.165, 1.54) is 23.5 Å². The van der Waals surface area contributed by atoms with E-state index in [4.69, 9.17) is 9.47 Å². The molecule has 0 spiro atoms. The first kappa shape index (κ1) is 24.6. The third-order valence-corrected chi connectivity index (χ3v) is 8.01. The third kappa shape index (κ3) is 5.11. The number of hydrogen-bond donors (Lipinski definition) is 1. The molecular formula is C26H29N3O5S. The molecule has 1 aliphatic heterocycles. The average molecular weight is 496 g/mol. The molecule has 0 atom stereocenters. The van der Waals surface area contributed by atoms with E-state index in [0.29, 0.717) is 43.2 Å². The largest absolute Gasteiger partial charge is 0.495 e. The lowest BCUT2D eigenvalue weighted by Crippen LogP contribution is -2.48. The molecule has 1 heterocycles. The standard InChI is InChI=1S/C26H29N3O5S/c1-19-8-4-5-9-21(19)26(30)27-22-18-20(12-13-24(22)33-2)35(31,32)29-16-14-28(15-17-29)23-10-6-7-11-25(23)34-3/h4-13,18H,14-17H2,1-3H3,(H,27,30). The van der Waals surface area contributed by atoms with Crippen LogP contribution in [0.1, 0.15) is 15.9 Å². The lowest BCUT2D eigenvalue weighted by molar-refractivity contribution is 0.102. The normalized spacial score (nSPS) is 14.4. The zero-order valence-electron chi connectivity index (χ0n) is 20.0. The number of nitrogens with zero attached hydrogens (tertiary/aromatic N) is 2. The quantitative estimate of drug-likeness (QED) is 0.537. The molecule has 0 bridgehead atoms. The van der Waals surface area contributed by atoms with Crippen molar-refractivity contribution in [2.45, 2.75) is 11.8 Å². The van der Waals surface area contributed by atoms with Gasteiger partial charge in [-0.15, -0.1) is 0 Å². The van der Waals surface area contributed by atoms with Crippen molar-refractivity contribution in [3.05, 3.63) is 77.9 Å². The van der Waals surface area contributed by atoms with Gasteiger partial charge in [-0.25, -0.2) is 8.42 Å². The van der Waals surface area contributed by atoms with Gasteiger partial charge in [0.1, 0.15) is 11.5 Å². The van der Waals surface area contributed by atoms with E-state index >= 15 is 0 Å². The van der Waals surface area contributed by atoms with Gasteiger partial charge in [-0.05, 0) is 48.9 Å². The Balaban J connectivity index is 1.53. The number of para-hydroxylation sites is 2. The Morgan fingerprint density at radius 2 is 1.51 bits per heavy atom. The van der Waals surface area contributed by atoms with Crippen LogP contribution in [0.15, 0.2) is 71.6 Å². The molecule has 1 aliphatic rings. The number of ether oxygens (including phenoxy) is 2. The van der Waals surface area contributed by atoms with E-state index in [2.05, 4.69) is 10.2 Å². The van der Waals surface area contributed by atoms with Gasteiger partial charge in [0.05, 0.1) is 30.5 Å². The summed E-state index contributed by atoms with van der Waals surface area (Å²) in [7, 11) is -0.671. The van der Waals surface area contributed by atoms with Crippen LogP contribution in [-0.4, -0.2) is 59.0 Å². The Kier molecular flexibility index (Phi) is 7.28. The summed E-state index contributed by atoms with van der Waals surface area (Å²) in [5, 5.41) is 2.81. The predicted molar refractivity (Wildman–Crippen MR) is 136 cm³/mol. The molecule has 35 heavy (non-hydrogen) atoms. The van der Waals surface area contributed by atoms with Crippen LogP contribution in [-0.2, 0) is 10.0 Å². The van der Waals surface area contributed by atoms with Crippen LogP contribution in [0, 0.1) is 6.92 Å². The van der Waals surface area contributed by atoms with Crippen LogP contribution in [0.5, 0.6) is 11.5 Å². The van der Waals surface area contributed by atoms with Crippen LogP contribution in [0.3, 0.4) is 0 Å². The van der Waals surface area contributed by atoms with E-state index in [0.717, 1.165) is 17.0 Å². The molecule has 3 aromatic carbocycles. The Morgan fingerprint density at radius 3 is 2.20 bits per heavy atom. The SMILES string of the molecule is COc1ccc(S(=O)(=O)N2CCN(c3ccccc3OC)CC2)cc1NC(=O)c1ccccc1C. The van der Waals surface area contributed by atoms with Gasteiger partial charge in [0.2, 0.25) is 10.0 Å². The minimum atomic E-state index is -3.77. The topological polar surface area (TPSA) is 88.2 Å². The number of sulfonamides is 1. The second-order valence-electron chi connectivity index (χ2n) is 8.19. The highest BCUT2D eigenvalue weighted by Gasteiger charge is 2.30. The molecule has 184 valence electrons. The number of nitrogens with one attached hydrogen (secondary N) is 1. The minimum absolute atomic E-state index is 0.101. The van der Waals surface area contributed by atoms with Crippen LogP contribution >= 0.6 is 0 Å². The molecule has 0 aromatic heterocycles. The smallest absolute Gasteiger partial charge is 0.256 e. The van der Waals surface area contributed by atoms with Gasteiger partial charge in [-0.2, -0.15) is 4.31 Å². The summed E-state index contributed by atoms with van der Waals surface area (Å²) in [6.45, 7) is 3.57. The number of hydrogen-bond acceptors (Lipinski definition) is 6. The van der Waals surface area contributed by atoms with Crippen molar-refractivity contribution in [1.29, 1.82) is 0 Å². The number of methoxy groups -OCH3 is 2. The predicted octanol–water partition coefficient (Wildman–Crippen LogP) is 3.78. The number of rotatable bonds is 7. The minimum Gasteiger partial charge on any atom is -0.495 e. The van der Waals surface area contributed by atoms with Crippen molar-refractivity contribution in [2.24, 2.45) is 0 Å². The lowest BCUT2D eigenvalue weighted by Gasteiger charge is -2.36. The molecular weight excluding hydrogens is 466 g/mol. The van der Waals surface area contributed by atoms with E-state index in [1.54, 1.807) is 25.3 Å². The number of carbonyl (C=O) groups is 1. The summed E-state index contributed by atoms with van der Waals surface area (Å²) in [4.78, 5) is 15.1. The first-order valence-corrected chi connectivity index (χ1v) is 12.7. The van der Waals surface area contributed by atoms with Crippen molar-refractivity contribution in [1.82, 2.24) is 4.31 Å². The van der Waals surface area contributed by atoms with Gasteiger partial charge in [-0.3, -0.25) is 4.79 Å². The maximum Gasteiger partial charge on any atom is 0.256 e. The zero-order valence-corrected chi connectivity index (χ0v) is 20.8. The molecule has 4 rings (SSSR count). The molecule has 0 radical (unpaired) electrons. The van der Waals surface area contributed by atoms with Gasteiger partial charge in [-0.1, -0.05) is 30.3 Å². The summed E-state index contributed by atoms with van der Waals surface area (Å²) in [6, 6.07) is 19.4. The first-order chi connectivity index (χ1) is 16.8. The molecule has 1 amide bonds. The van der Waals surface area contributed by atoms with Crippen molar-refractivity contribution in [3.63, 3.8) is 0 Å². The Labute approximate surface area is 206 Å². The fourth-order valence-electron chi connectivity index (χ4n) is 4.17. The average Bonchev–Trinajstić information content (AvgIpc) is 2.88. The Morgan fingerprint density at radius 1 is 0.857 bits per heavy atom. The summed E-state index contributed by atoms with van der Waals surface area (Å²) >= 11 is 0. The molecule has 1 saturated heterocycles. The highest BCUT2D eigenvalue weighted by atomic mass is 32.2. The van der Waals surface area contributed by atoms with E-state index < -0.39 is 10.0 Å². The third-order valence-electron chi connectivity index (χ3n) is 6.11. The van der Waals surface area contributed by atoms with Crippen molar-refractivity contribution < 1.29 is 22.7 Å². The number of anilines is 2. The van der Waals surface area contributed by atoms with Crippen LogP contribution < -0.4 is 19.7 Å². The number of aryl methyl sites for hydroxylation is 1. The molecule has 0 unspecified atom stereocenters. The number of benzene rings is 3. The van der Waals surface area contributed by atoms with Gasteiger partial charge in [0.25, 0.3) is 5.91 Å². The van der Waals surface area contributed by atoms with Gasteiger partial charge in [0.15, 0.2) is 0 Å². The molecule has 3 aromatic rings. The Bertz CT molecular complexity index is 1320. The van der Waals surface area contributed by atoms with Crippen molar-refractivity contribution in [2.75, 3.05) is 50.6 Å². The zero-order chi connectivity index (χ0) is 25.0. The molecule has 1 fully saturated rings. The molecule has 0 aliphatic carbocycles. The number of amides is 1. The number of piperazine rings is 1. The van der Waals surface area contributed by atoms with Gasteiger partial charge < -0.3 is 19.7 Å². The van der Waals surface area contributed by atoms with Gasteiger partial charge in [0, 0.05) is 31.7 Å². The van der Waals surface area contributed by atoms with E-state index in [9.17, 15) is 13.2 Å². The molecule has 9 heteroatoms. The maximum absolute atomic E-state index is 13.4. The van der Waals surface area contributed by atoms with Crippen molar-refractivity contribution >= 4 is 27.3 Å². The maximum atomic E-state index is 13.4. The first-order valence-electron chi connectivity index (χ1n) is 11.3. The van der Waals surface area contributed by atoms with E-state index in [-0.39, 0.29) is 10.8 Å². The van der Waals surface area contributed by atoms with Crippen molar-refractivity contribution in [3.8, 4) is 11.5 Å². The molecule has 0 saturated carbocycles. The highest BCUT2D eigenvalue weighted by Crippen LogP contribution is 2.32. The summed E-state index contributed by atoms with van der Waals surface area (Å²) in [6.07, 6.45) is 0. The van der Waals surface area contributed by atoms with E-state index in [1.807, 2.05) is 43.3 Å². The summed E-state index contributed by atoms with van der Waals surface area (Å²) in [5.41, 5.74) is 2.57. The fraction of sp³-hybridized carbons (Fsp3) is 0.269. The second kappa shape index (κ2) is 10.4. The fourth-order valence-corrected chi connectivity index (χ4v) is 5.62. The lowest BCUT2D eigenvalue weighted by atomic mass is 10.1. The molecule has 1 N–H and O–H groups in total. The molecule has 8 nitrogen and oxygen atoms in total. The summed E-state index contributed by atoms with van der Waals surface area (Å²) < 4.78 is 39.2. The van der Waals surface area contributed by atoms with Crippen LogP contribution in [0.25, 0.3) is 0 Å². The monoisotopic (exact) mass is 495 g/mol. The number of carbonyl (C=O) groups excluding carboxylic acids is 1. The van der Waals surface area contributed by atoms with Crippen LogP contribution in [0.2, 0.25) is 0 Å². The van der Waals surface area contributed by atoms with Crippen LogP contribution in [0.4, 0.5) is 11.4 Å². The summed E-state index contributed by atoms with van der Waals surface area (Å²) in [5.74, 6) is 0.807.